The Morgan fingerprint density at radius 2 is 1.65 bits per heavy atom. The fourth-order valence-corrected chi connectivity index (χ4v) is 2.43. The van der Waals surface area contributed by atoms with E-state index < -0.39 is 0 Å². The third kappa shape index (κ3) is 2.45. The van der Waals surface area contributed by atoms with Crippen LogP contribution in [0.15, 0.2) is 60.7 Å². The number of ether oxygens (including phenoxy) is 1. The fraction of sp³-hybridized carbons (Fsp3) is 0.111. The summed E-state index contributed by atoms with van der Waals surface area (Å²) >= 11 is 0. The van der Waals surface area contributed by atoms with Gasteiger partial charge in [0.1, 0.15) is 11.5 Å². The van der Waals surface area contributed by atoms with Gasteiger partial charge in [0.05, 0.1) is 7.11 Å². The first-order chi connectivity index (χ1) is 9.76. The van der Waals surface area contributed by atoms with Crippen LogP contribution in [0.5, 0.6) is 11.5 Å². The van der Waals surface area contributed by atoms with Crippen LogP contribution in [0.25, 0.3) is 10.8 Å². The molecule has 0 aliphatic carbocycles. The highest BCUT2D eigenvalue weighted by Gasteiger charge is 2.04. The quantitative estimate of drug-likeness (QED) is 0.770. The number of phenolic OH excluding ortho intramolecular Hbond substituents is 1. The van der Waals surface area contributed by atoms with Gasteiger partial charge in [0, 0.05) is 5.39 Å². The molecule has 0 aliphatic rings. The zero-order valence-electron chi connectivity index (χ0n) is 11.3. The summed E-state index contributed by atoms with van der Waals surface area (Å²) in [6.45, 7) is 0. The minimum atomic E-state index is 0.339. The number of phenols is 1. The van der Waals surface area contributed by atoms with Crippen molar-refractivity contribution in [2.45, 2.75) is 6.42 Å². The van der Waals surface area contributed by atoms with Gasteiger partial charge in [-0.25, -0.2) is 0 Å². The predicted octanol–water partition coefficient (Wildman–Crippen LogP) is 4.14. The van der Waals surface area contributed by atoms with Gasteiger partial charge in [-0.15, -0.1) is 0 Å². The minimum absolute atomic E-state index is 0.339. The van der Waals surface area contributed by atoms with E-state index in [4.69, 9.17) is 4.74 Å². The maximum absolute atomic E-state index is 10.1. The Kier molecular flexibility index (Phi) is 3.30. The molecule has 2 nitrogen and oxygen atoms in total. The molecule has 0 heterocycles. The predicted molar refractivity (Wildman–Crippen MR) is 81.4 cm³/mol. The maximum Gasteiger partial charge on any atom is 0.123 e. The highest BCUT2D eigenvalue weighted by atomic mass is 16.5. The second-order valence-corrected chi connectivity index (χ2v) is 4.86. The van der Waals surface area contributed by atoms with Crippen molar-refractivity contribution in [2.24, 2.45) is 0 Å². The Morgan fingerprint density at radius 3 is 2.40 bits per heavy atom. The molecule has 3 aromatic carbocycles. The molecular formula is C18H16O2. The second-order valence-electron chi connectivity index (χ2n) is 4.86. The van der Waals surface area contributed by atoms with E-state index in [1.54, 1.807) is 7.11 Å². The molecule has 1 N–H and O–H groups in total. The van der Waals surface area contributed by atoms with Gasteiger partial charge in [-0.05, 0) is 41.1 Å². The van der Waals surface area contributed by atoms with Gasteiger partial charge < -0.3 is 9.84 Å². The van der Waals surface area contributed by atoms with Crippen LogP contribution in [-0.2, 0) is 6.42 Å². The van der Waals surface area contributed by atoms with Crippen molar-refractivity contribution < 1.29 is 9.84 Å². The summed E-state index contributed by atoms with van der Waals surface area (Å²) in [6.07, 6.45) is 0.794. The SMILES string of the molecule is COc1ccc(Cc2cc(O)c3ccccc3c2)cc1. The Balaban J connectivity index is 1.93. The van der Waals surface area contributed by atoms with Gasteiger partial charge >= 0.3 is 0 Å². The zero-order chi connectivity index (χ0) is 13.9. The van der Waals surface area contributed by atoms with E-state index >= 15 is 0 Å². The summed E-state index contributed by atoms with van der Waals surface area (Å²) in [5, 5.41) is 12.1. The molecule has 0 spiro atoms. The first-order valence-corrected chi connectivity index (χ1v) is 6.60. The molecule has 3 rings (SSSR count). The standard InChI is InChI=1S/C18H16O2/c1-20-16-8-6-13(7-9-16)10-14-11-15-4-2-3-5-17(15)18(19)12-14/h2-9,11-12,19H,10H2,1H3. The van der Waals surface area contributed by atoms with Gasteiger partial charge in [-0.3, -0.25) is 0 Å². The number of hydrogen-bond acceptors (Lipinski definition) is 2. The van der Waals surface area contributed by atoms with Gasteiger partial charge in [-0.2, -0.15) is 0 Å². The smallest absolute Gasteiger partial charge is 0.123 e. The Bertz CT molecular complexity index is 730. The lowest BCUT2D eigenvalue weighted by Gasteiger charge is -2.07. The number of methoxy groups -OCH3 is 1. The molecule has 20 heavy (non-hydrogen) atoms. The van der Waals surface area contributed by atoms with Gasteiger partial charge in [0.2, 0.25) is 0 Å². The highest BCUT2D eigenvalue weighted by molar-refractivity contribution is 5.88. The van der Waals surface area contributed by atoms with E-state index in [9.17, 15) is 5.11 Å². The Labute approximate surface area is 118 Å². The zero-order valence-corrected chi connectivity index (χ0v) is 11.3. The molecule has 0 radical (unpaired) electrons. The molecule has 0 aliphatic heterocycles. The summed E-state index contributed by atoms with van der Waals surface area (Å²) in [6, 6.07) is 19.8. The Morgan fingerprint density at radius 1 is 0.900 bits per heavy atom. The number of rotatable bonds is 3. The van der Waals surface area contributed by atoms with Crippen molar-refractivity contribution >= 4 is 10.8 Å². The lowest BCUT2D eigenvalue weighted by molar-refractivity contribution is 0.414. The summed E-state index contributed by atoms with van der Waals surface area (Å²) in [5.74, 6) is 1.20. The van der Waals surface area contributed by atoms with Gasteiger partial charge in [0.25, 0.3) is 0 Å². The monoisotopic (exact) mass is 264 g/mol. The molecule has 0 aromatic heterocycles. The summed E-state index contributed by atoms with van der Waals surface area (Å²) < 4.78 is 5.16. The molecule has 0 saturated carbocycles. The molecule has 0 atom stereocenters. The first kappa shape index (κ1) is 12.5. The van der Waals surface area contributed by atoms with E-state index in [-0.39, 0.29) is 0 Å². The van der Waals surface area contributed by atoms with Crippen molar-refractivity contribution in [1.82, 2.24) is 0 Å². The fourth-order valence-electron chi connectivity index (χ4n) is 2.43. The van der Waals surface area contributed by atoms with Crippen LogP contribution in [0.2, 0.25) is 0 Å². The lowest BCUT2D eigenvalue weighted by atomic mass is 10.0. The molecule has 0 fully saturated rings. The topological polar surface area (TPSA) is 29.5 Å². The van der Waals surface area contributed by atoms with Crippen molar-refractivity contribution in [3.8, 4) is 11.5 Å². The molecule has 2 heteroatoms. The van der Waals surface area contributed by atoms with Crippen LogP contribution >= 0.6 is 0 Å². The third-order valence-corrected chi connectivity index (χ3v) is 3.47. The molecular weight excluding hydrogens is 248 g/mol. The maximum atomic E-state index is 10.1. The minimum Gasteiger partial charge on any atom is -0.507 e. The lowest BCUT2D eigenvalue weighted by Crippen LogP contribution is -1.89. The summed E-state index contributed by atoms with van der Waals surface area (Å²) in [5.41, 5.74) is 2.30. The van der Waals surface area contributed by atoms with E-state index in [2.05, 4.69) is 6.07 Å². The normalized spacial score (nSPS) is 10.7. The first-order valence-electron chi connectivity index (χ1n) is 6.60. The van der Waals surface area contributed by atoms with Crippen LogP contribution < -0.4 is 4.74 Å². The van der Waals surface area contributed by atoms with E-state index in [1.165, 1.54) is 5.56 Å². The average Bonchev–Trinajstić information content (AvgIpc) is 2.48. The van der Waals surface area contributed by atoms with Gasteiger partial charge in [-0.1, -0.05) is 42.5 Å². The third-order valence-electron chi connectivity index (χ3n) is 3.47. The number of hydrogen-bond donors (Lipinski definition) is 1. The van der Waals surface area contributed by atoms with Crippen LogP contribution in [0.4, 0.5) is 0 Å². The number of aromatic hydroxyl groups is 1. The van der Waals surface area contributed by atoms with E-state index in [1.807, 2.05) is 54.6 Å². The molecule has 0 unspecified atom stereocenters. The van der Waals surface area contributed by atoms with Crippen molar-refractivity contribution in [3.63, 3.8) is 0 Å². The van der Waals surface area contributed by atoms with E-state index in [0.29, 0.717) is 5.75 Å². The van der Waals surface area contributed by atoms with Gasteiger partial charge in [0.15, 0.2) is 0 Å². The number of fused-ring (bicyclic) bond motifs is 1. The summed E-state index contributed by atoms with van der Waals surface area (Å²) in [4.78, 5) is 0. The number of benzene rings is 3. The largest absolute Gasteiger partial charge is 0.507 e. The average molecular weight is 264 g/mol. The summed E-state index contributed by atoms with van der Waals surface area (Å²) in [7, 11) is 1.66. The molecule has 3 aromatic rings. The van der Waals surface area contributed by atoms with Crippen LogP contribution in [0.1, 0.15) is 11.1 Å². The molecule has 100 valence electrons. The van der Waals surface area contributed by atoms with Crippen LogP contribution in [0.3, 0.4) is 0 Å². The van der Waals surface area contributed by atoms with Crippen molar-refractivity contribution in [3.05, 3.63) is 71.8 Å². The van der Waals surface area contributed by atoms with Crippen LogP contribution in [-0.4, -0.2) is 12.2 Å². The van der Waals surface area contributed by atoms with Crippen molar-refractivity contribution in [1.29, 1.82) is 0 Å². The molecule has 0 saturated heterocycles. The van der Waals surface area contributed by atoms with E-state index in [0.717, 1.165) is 28.5 Å². The molecule has 0 amide bonds. The van der Waals surface area contributed by atoms with Crippen molar-refractivity contribution in [2.75, 3.05) is 7.11 Å². The molecule has 0 bridgehead atoms. The van der Waals surface area contributed by atoms with Crippen LogP contribution in [0, 0.1) is 0 Å². The Hall–Kier alpha value is -2.48. The highest BCUT2D eigenvalue weighted by Crippen LogP contribution is 2.27. The second kappa shape index (κ2) is 5.25.